The zero-order valence-corrected chi connectivity index (χ0v) is 78.2. The van der Waals surface area contributed by atoms with Crippen molar-refractivity contribution in [3.8, 4) is 52.0 Å². The Morgan fingerprint density at radius 3 is 1.27 bits per heavy atom. The number of carbonyl (C=O) groups is 11. The summed E-state index contributed by atoms with van der Waals surface area (Å²) in [7, 11) is 3.15. The summed E-state index contributed by atoms with van der Waals surface area (Å²) in [5.41, 5.74) is 1.89. The number of halogens is 7. The van der Waals surface area contributed by atoms with E-state index in [1.807, 2.05) is 45.9 Å². The number of Topliss-reactive ketones (excluding diaryl/α,β-unsaturated/α-hetero) is 5. The minimum absolute atomic E-state index is 0.00285. The van der Waals surface area contributed by atoms with Gasteiger partial charge in [-0.1, -0.05) is 58.6 Å². The molecule has 720 valence electrons. The third-order valence-corrected chi connectivity index (χ3v) is 28.3. The molecule has 0 spiro atoms. The number of hydrogen-bond donors (Lipinski definition) is 6. The Balaban J connectivity index is 0.000000127. The lowest BCUT2D eigenvalue weighted by Gasteiger charge is -2.70. The molecule has 6 N–H and O–H groups in total. The summed E-state index contributed by atoms with van der Waals surface area (Å²) in [5, 5.41) is 18.5. The van der Waals surface area contributed by atoms with Crippen molar-refractivity contribution in [2.24, 2.45) is 10.8 Å². The molecule has 8 bridgehead atoms. The lowest BCUT2D eigenvalue weighted by Crippen LogP contribution is -2.84. The largest absolute Gasteiger partial charge is 0.484 e. The molecule has 37 heteroatoms. The topological polar surface area (TPSA) is 381 Å². The third kappa shape index (κ3) is 21.0. The standard InChI is InChI=1S/C28H33ClFN3O5.C25H23F2NO5.C24H22ClFN2O5.C23H22ClN3O6/c1-17-5-8-22-21(9-17)33(16-26(2,3)36-4)11-23(38-22)25(35)32-28-13-27(14-28,15-28)31-24(34)12-37-18-6-7-19(29)20(30)10-18;1-14-2-4-16(7-18(14)27)32-10-23(31)28-25-11-24(12-25,13-25)9-20(30)22-8-19(29)17-6-15(26)3-5-21(17)33-22;1-13-2-5-19-15(6-13)18(29)8-20(33-19)22(31)28-24-10-23(11-24,12-24)27-21(30)9-32-14-3-4-16(25)17(26)7-14;1-31-21-25-7-14(8-26-21)32-9-20(30)27-23-10-22(11-23,12-23)6-17(29)19-5-16(28)15-4-13(24)2-3-18(15)33-19/h5-10,23H,11-16H2,1-4H3,(H,31,34)(H,32,35);2-7,22H,8-13H2,1H3,(H,28,31);2-7,20H,8-12H2,1H3,(H,27,30)(H,28,31);2-4,7-8,19H,5-6,9-12H2,1H3,(H,27,30)/t;;;19-,22?,23?/m...1/s1. The van der Waals surface area contributed by atoms with Crippen molar-refractivity contribution in [2.45, 2.75) is 207 Å². The molecule has 4 atom stereocenters. The van der Waals surface area contributed by atoms with E-state index < -0.39 is 53.3 Å². The van der Waals surface area contributed by atoms with E-state index in [2.05, 4.69) is 52.8 Å². The van der Waals surface area contributed by atoms with E-state index in [0.717, 1.165) is 54.3 Å². The quantitative estimate of drug-likeness (QED) is 0.0228. The maximum atomic E-state index is 13.6. The van der Waals surface area contributed by atoms with E-state index >= 15 is 0 Å². The number of hydrogen-bond acceptors (Lipinski definition) is 24. The van der Waals surface area contributed by atoms with Gasteiger partial charge in [0.2, 0.25) is 0 Å². The predicted molar refractivity (Wildman–Crippen MR) is 487 cm³/mol. The number of amides is 6. The van der Waals surface area contributed by atoms with Crippen LogP contribution >= 0.6 is 34.8 Å². The highest BCUT2D eigenvalue weighted by Crippen LogP contribution is 2.70. The lowest BCUT2D eigenvalue weighted by molar-refractivity contribution is -0.176. The summed E-state index contributed by atoms with van der Waals surface area (Å²) in [4.78, 5) is 148. The number of anilines is 1. The average molecular weight is 1950 g/mol. The Labute approximate surface area is 799 Å². The van der Waals surface area contributed by atoms with Gasteiger partial charge in [-0.3, -0.25) is 52.7 Å². The van der Waals surface area contributed by atoms with E-state index in [4.69, 9.17) is 82.2 Å². The number of aromatic nitrogens is 2. The van der Waals surface area contributed by atoms with Gasteiger partial charge in [0, 0.05) is 83.0 Å². The van der Waals surface area contributed by atoms with Crippen molar-refractivity contribution in [3.05, 3.63) is 212 Å². The predicted octanol–water partition coefficient (Wildman–Crippen LogP) is 13.1. The molecular formula is C100H100Cl3F4N9O21. The third-order valence-electron chi connectivity index (χ3n) is 27.4. The Bertz CT molecular complexity index is 5980. The summed E-state index contributed by atoms with van der Waals surface area (Å²) in [5.74, 6) is -1.67. The fourth-order valence-corrected chi connectivity index (χ4v) is 21.8. The first-order valence-corrected chi connectivity index (χ1v) is 46.0. The molecule has 3 unspecified atom stereocenters. The summed E-state index contributed by atoms with van der Waals surface area (Å²) in [6, 6.07) is 32.5. The summed E-state index contributed by atoms with van der Waals surface area (Å²) < 4.78 is 109. The molecule has 12 aliphatic carbocycles. The molecule has 16 aliphatic rings. The highest BCUT2D eigenvalue weighted by Gasteiger charge is 2.72. The molecule has 0 radical (unpaired) electrons. The molecule has 1 aromatic heterocycles. The van der Waals surface area contributed by atoms with Gasteiger partial charge in [0.1, 0.15) is 63.5 Å². The van der Waals surface area contributed by atoms with Gasteiger partial charge in [-0.25, -0.2) is 17.6 Å². The van der Waals surface area contributed by atoms with Crippen molar-refractivity contribution >= 4 is 105 Å². The highest BCUT2D eigenvalue weighted by atomic mass is 35.5. The minimum Gasteiger partial charge on any atom is -0.484 e. The second kappa shape index (κ2) is 37.3. The molecule has 24 rings (SSSR count). The number of aryl methyl sites for hydroxylation is 3. The number of ether oxygens (including phenoxy) is 10. The molecule has 8 aromatic rings. The van der Waals surface area contributed by atoms with Crippen molar-refractivity contribution in [1.82, 2.24) is 41.9 Å². The average Bonchev–Trinajstić information content (AvgIpc) is 0.693. The van der Waals surface area contributed by atoms with Gasteiger partial charge in [-0.15, -0.1) is 0 Å². The normalized spacial score (nSPS) is 26.4. The first-order chi connectivity index (χ1) is 65.0. The Kier molecular flexibility index (Phi) is 26.2. The first kappa shape index (κ1) is 96.0. The van der Waals surface area contributed by atoms with Gasteiger partial charge in [-0.05, 0) is 225 Å². The monoisotopic (exact) mass is 1940 g/mol. The number of rotatable bonds is 30. The molecule has 6 amide bonds. The Morgan fingerprint density at radius 2 is 0.810 bits per heavy atom. The van der Waals surface area contributed by atoms with Crippen LogP contribution in [0.2, 0.25) is 15.1 Å². The SMILES string of the molecule is COC(C)(C)CN1CC(C(=O)NC23CC(NC(=O)COc4ccc(Cl)c(F)c4)(C2)C3)Oc2ccc(C)cc21.COc1ncc(OCC(=O)NC23CC(CC(=O)[C@H]4CC(=O)c5cc(Cl)ccc5O4)(C2)C3)cn1.Cc1ccc(OCC(=O)NC23CC(CC(=O)C4CC(=O)c5cc(F)ccc5O4)(C2)C3)cc1F.Cc1ccc2c(c1)C(=O)CC(C(=O)NC13CC(NC(=O)COc4ccc(Cl)c(F)c4)(C1)C3)O2. The van der Waals surface area contributed by atoms with E-state index in [1.165, 1.54) is 62.0 Å². The van der Waals surface area contributed by atoms with Crippen LogP contribution in [0.4, 0.5) is 23.2 Å². The van der Waals surface area contributed by atoms with Crippen LogP contribution in [0.1, 0.15) is 171 Å². The number of nitrogens with one attached hydrogen (secondary N) is 6. The van der Waals surface area contributed by atoms with E-state index in [-0.39, 0.29) is 199 Å². The van der Waals surface area contributed by atoms with Crippen LogP contribution in [0.3, 0.4) is 0 Å². The van der Waals surface area contributed by atoms with E-state index in [1.54, 1.807) is 56.5 Å². The van der Waals surface area contributed by atoms with Gasteiger partial charge in [0.25, 0.3) is 35.4 Å². The Morgan fingerprint density at radius 1 is 0.431 bits per heavy atom. The molecular weight excluding hydrogens is 1850 g/mol. The van der Waals surface area contributed by atoms with Crippen molar-refractivity contribution in [2.75, 3.05) is 58.6 Å². The molecule has 137 heavy (non-hydrogen) atoms. The van der Waals surface area contributed by atoms with Crippen LogP contribution < -0.4 is 79.4 Å². The van der Waals surface area contributed by atoms with Gasteiger partial charge >= 0.3 is 6.01 Å². The van der Waals surface area contributed by atoms with Crippen molar-refractivity contribution in [1.29, 1.82) is 0 Å². The van der Waals surface area contributed by atoms with Crippen LogP contribution in [-0.2, 0) is 43.1 Å². The number of nitrogens with zero attached hydrogens (tertiary/aromatic N) is 3. The van der Waals surface area contributed by atoms with Crippen molar-refractivity contribution in [3.63, 3.8) is 0 Å². The zero-order valence-electron chi connectivity index (χ0n) is 75.9. The molecule has 12 fully saturated rings. The molecule has 4 aliphatic heterocycles. The van der Waals surface area contributed by atoms with Gasteiger partial charge in [0.05, 0.1) is 83.3 Å². The molecule has 7 aromatic carbocycles. The lowest BCUT2D eigenvalue weighted by atomic mass is 9.38. The number of benzene rings is 7. The van der Waals surface area contributed by atoms with E-state index in [0.29, 0.717) is 128 Å². The Hall–Kier alpha value is -12.7. The summed E-state index contributed by atoms with van der Waals surface area (Å²) >= 11 is 17.3. The second-order valence-corrected chi connectivity index (χ2v) is 40.5. The van der Waals surface area contributed by atoms with Crippen LogP contribution in [0.15, 0.2) is 140 Å². The first-order valence-electron chi connectivity index (χ1n) is 44.9. The number of fused-ring (bicyclic) bond motifs is 4. The van der Waals surface area contributed by atoms with Crippen LogP contribution in [0.5, 0.6) is 52.0 Å². The molecule has 30 nitrogen and oxygen atoms in total. The van der Waals surface area contributed by atoms with Crippen LogP contribution in [0, 0.1) is 54.9 Å². The molecule has 0 saturated heterocycles. The van der Waals surface area contributed by atoms with Crippen LogP contribution in [0.25, 0.3) is 0 Å². The maximum absolute atomic E-state index is 13.6. The van der Waals surface area contributed by atoms with Crippen LogP contribution in [-0.4, -0.2) is 191 Å². The highest BCUT2D eigenvalue weighted by molar-refractivity contribution is 6.31. The maximum Gasteiger partial charge on any atom is 0.316 e. The number of carbonyl (C=O) groups excluding carboxylic acids is 11. The van der Waals surface area contributed by atoms with Gasteiger partial charge < -0.3 is 84.2 Å². The van der Waals surface area contributed by atoms with Gasteiger partial charge in [0.15, 0.2) is 85.5 Å². The fourth-order valence-electron chi connectivity index (χ4n) is 21.4. The molecule has 5 heterocycles. The zero-order chi connectivity index (χ0) is 97.3. The number of methoxy groups -OCH3 is 2. The molecule has 12 saturated carbocycles. The number of ketones is 5. The second-order valence-electron chi connectivity index (χ2n) is 39.3. The summed E-state index contributed by atoms with van der Waals surface area (Å²) in [6.07, 6.45) is 8.25. The van der Waals surface area contributed by atoms with Gasteiger partial charge in [-0.2, -0.15) is 9.97 Å². The van der Waals surface area contributed by atoms with Crippen molar-refractivity contribution < 1.29 is 118 Å². The minimum atomic E-state index is -0.863. The summed E-state index contributed by atoms with van der Waals surface area (Å²) in [6.45, 7) is 9.78. The smallest absolute Gasteiger partial charge is 0.316 e. The fraction of sp³-hybridized carbons (Fsp3) is 0.430. The van der Waals surface area contributed by atoms with E-state index in [9.17, 15) is 70.3 Å².